The van der Waals surface area contributed by atoms with E-state index in [1.807, 2.05) is 60.7 Å². The highest BCUT2D eigenvalue weighted by Gasteiger charge is 2.17. The van der Waals surface area contributed by atoms with Gasteiger partial charge in [-0.2, -0.15) is 0 Å². The summed E-state index contributed by atoms with van der Waals surface area (Å²) in [6.45, 7) is 0. The van der Waals surface area contributed by atoms with Gasteiger partial charge in [0.1, 0.15) is 0 Å². The van der Waals surface area contributed by atoms with Crippen LogP contribution in [0.5, 0.6) is 0 Å². The van der Waals surface area contributed by atoms with Crippen molar-refractivity contribution >= 4 is 8.25 Å². The minimum absolute atomic E-state index is 0.336. The summed E-state index contributed by atoms with van der Waals surface area (Å²) < 4.78 is 21.5. The van der Waals surface area contributed by atoms with E-state index in [1.54, 1.807) is 12.2 Å². The summed E-state index contributed by atoms with van der Waals surface area (Å²) >= 11 is 0. The molecule has 124 valence electrons. The van der Waals surface area contributed by atoms with Crippen molar-refractivity contribution in [3.8, 4) is 0 Å². The number of nitrogens with two attached hydrogens (primary N) is 2. The normalized spacial score (nSPS) is 14.5. The fraction of sp³-hybridized carbons (Fsp3) is 0.111. The summed E-state index contributed by atoms with van der Waals surface area (Å²) in [5.74, 6) is 0. The standard InChI is InChI=1S/C18H20N2O3P/c19-17(15-7-3-1-4-8-15)11-13-22-24(21)23-14-12-18(20)16-9-5-2-6-10-16/h1-14,17-18H,19-20H2/q+1/b13-11+,14-12+. The number of hydrogen-bond donors (Lipinski definition) is 2. The molecule has 2 aromatic rings. The predicted molar refractivity (Wildman–Crippen MR) is 94.8 cm³/mol. The highest BCUT2D eigenvalue weighted by molar-refractivity contribution is 7.33. The molecule has 0 spiro atoms. The minimum Gasteiger partial charge on any atom is -0.321 e. The van der Waals surface area contributed by atoms with Gasteiger partial charge in [0.05, 0.1) is 12.1 Å². The zero-order valence-corrected chi connectivity index (χ0v) is 14.0. The number of rotatable bonds is 8. The lowest BCUT2D eigenvalue weighted by atomic mass is 10.1. The Hall–Kier alpha value is -2.46. The van der Waals surface area contributed by atoms with E-state index in [0.717, 1.165) is 11.1 Å². The zero-order valence-electron chi connectivity index (χ0n) is 13.1. The SMILES string of the molecule is NC(/C=C/O[P+](=O)O/C=C/C(N)c1ccccc1)c1ccccc1. The average molecular weight is 343 g/mol. The summed E-state index contributed by atoms with van der Waals surface area (Å²) in [7, 11) is -2.31. The lowest BCUT2D eigenvalue weighted by Gasteiger charge is -2.04. The first kappa shape index (κ1) is 17.9. The van der Waals surface area contributed by atoms with E-state index in [2.05, 4.69) is 0 Å². The molecule has 2 aromatic carbocycles. The Morgan fingerprint density at radius 1 is 0.750 bits per heavy atom. The molecule has 0 aliphatic rings. The topological polar surface area (TPSA) is 87.6 Å². The molecule has 0 radical (unpaired) electrons. The first-order valence-corrected chi connectivity index (χ1v) is 8.51. The van der Waals surface area contributed by atoms with Gasteiger partial charge in [-0.3, -0.25) is 0 Å². The monoisotopic (exact) mass is 343 g/mol. The van der Waals surface area contributed by atoms with Crippen molar-refractivity contribution in [2.45, 2.75) is 12.1 Å². The largest absolute Gasteiger partial charge is 0.804 e. The Morgan fingerprint density at radius 3 is 1.50 bits per heavy atom. The second-order valence-corrected chi connectivity index (χ2v) is 5.83. The highest BCUT2D eigenvalue weighted by Crippen LogP contribution is 2.25. The van der Waals surface area contributed by atoms with Gasteiger partial charge in [-0.15, -0.1) is 0 Å². The van der Waals surface area contributed by atoms with Crippen LogP contribution in [-0.2, 0) is 13.6 Å². The van der Waals surface area contributed by atoms with E-state index in [0.29, 0.717) is 0 Å². The van der Waals surface area contributed by atoms with Crippen molar-refractivity contribution in [1.29, 1.82) is 0 Å². The van der Waals surface area contributed by atoms with E-state index in [1.165, 1.54) is 12.5 Å². The Balaban J connectivity index is 1.75. The van der Waals surface area contributed by atoms with Crippen LogP contribution in [0.25, 0.3) is 0 Å². The van der Waals surface area contributed by atoms with E-state index in [9.17, 15) is 4.57 Å². The van der Waals surface area contributed by atoms with Crippen molar-refractivity contribution in [3.63, 3.8) is 0 Å². The van der Waals surface area contributed by atoms with Crippen LogP contribution >= 0.6 is 8.25 Å². The molecule has 0 amide bonds. The predicted octanol–water partition coefficient (Wildman–Crippen LogP) is 4.10. The Kier molecular flexibility index (Phi) is 7.18. The zero-order chi connectivity index (χ0) is 17.2. The van der Waals surface area contributed by atoms with Crippen LogP contribution in [0.3, 0.4) is 0 Å². The summed E-state index contributed by atoms with van der Waals surface area (Å²) in [5, 5.41) is 0. The molecule has 24 heavy (non-hydrogen) atoms. The molecule has 5 nitrogen and oxygen atoms in total. The highest BCUT2D eigenvalue weighted by atomic mass is 31.1. The van der Waals surface area contributed by atoms with Crippen molar-refractivity contribution in [2.24, 2.45) is 11.5 Å². The molecule has 0 aromatic heterocycles. The Morgan fingerprint density at radius 2 is 1.12 bits per heavy atom. The number of hydrogen-bond acceptors (Lipinski definition) is 5. The molecule has 0 aliphatic heterocycles. The molecule has 2 atom stereocenters. The molecule has 4 N–H and O–H groups in total. The van der Waals surface area contributed by atoms with Gasteiger partial charge in [-0.25, -0.2) is 9.05 Å². The van der Waals surface area contributed by atoms with Gasteiger partial charge in [0.2, 0.25) is 0 Å². The minimum atomic E-state index is -2.31. The third-order valence-electron chi connectivity index (χ3n) is 3.23. The van der Waals surface area contributed by atoms with Crippen LogP contribution in [0.4, 0.5) is 0 Å². The van der Waals surface area contributed by atoms with Crippen molar-refractivity contribution in [2.75, 3.05) is 0 Å². The average Bonchev–Trinajstić information content (AvgIpc) is 2.63. The fourth-order valence-corrected chi connectivity index (χ4v) is 2.33. The molecule has 0 saturated carbocycles. The van der Waals surface area contributed by atoms with Crippen molar-refractivity contribution in [1.82, 2.24) is 0 Å². The van der Waals surface area contributed by atoms with Crippen LogP contribution in [0.15, 0.2) is 85.3 Å². The molecule has 6 heteroatoms. The summed E-state index contributed by atoms with van der Waals surface area (Å²) in [6, 6.07) is 18.3. The van der Waals surface area contributed by atoms with Crippen LogP contribution in [0.1, 0.15) is 23.2 Å². The summed E-state index contributed by atoms with van der Waals surface area (Å²) in [4.78, 5) is 0. The third kappa shape index (κ3) is 5.97. The molecule has 2 rings (SSSR count). The lowest BCUT2D eigenvalue weighted by molar-refractivity contribution is 0.354. The first-order valence-electron chi connectivity index (χ1n) is 7.42. The maximum atomic E-state index is 11.6. The van der Waals surface area contributed by atoms with Gasteiger partial charge in [0, 0.05) is 4.57 Å². The van der Waals surface area contributed by atoms with Crippen LogP contribution in [0.2, 0.25) is 0 Å². The van der Waals surface area contributed by atoms with Crippen LogP contribution in [0, 0.1) is 0 Å². The van der Waals surface area contributed by atoms with Crippen molar-refractivity contribution in [3.05, 3.63) is 96.5 Å². The van der Waals surface area contributed by atoms with E-state index in [4.69, 9.17) is 20.5 Å². The maximum Gasteiger partial charge on any atom is 0.804 e. The second-order valence-electron chi connectivity index (χ2n) is 4.96. The number of benzene rings is 2. The van der Waals surface area contributed by atoms with Gasteiger partial charge in [-0.05, 0) is 23.3 Å². The van der Waals surface area contributed by atoms with Gasteiger partial charge in [0.25, 0.3) is 0 Å². The molecule has 0 saturated heterocycles. The quantitative estimate of drug-likeness (QED) is 0.556. The van der Waals surface area contributed by atoms with Gasteiger partial charge >= 0.3 is 8.25 Å². The van der Waals surface area contributed by atoms with Gasteiger partial charge in [0.15, 0.2) is 12.5 Å². The van der Waals surface area contributed by atoms with E-state index >= 15 is 0 Å². The first-order chi connectivity index (χ1) is 11.7. The van der Waals surface area contributed by atoms with Crippen LogP contribution in [-0.4, -0.2) is 0 Å². The van der Waals surface area contributed by atoms with Gasteiger partial charge in [-0.1, -0.05) is 60.7 Å². The molecule has 0 bridgehead atoms. The van der Waals surface area contributed by atoms with E-state index in [-0.39, 0.29) is 12.1 Å². The molecule has 0 fully saturated rings. The summed E-state index contributed by atoms with van der Waals surface area (Å²) in [6.07, 6.45) is 5.76. The molecular weight excluding hydrogens is 323 g/mol. The lowest BCUT2D eigenvalue weighted by Crippen LogP contribution is -2.06. The molecule has 0 heterocycles. The molecule has 2 unspecified atom stereocenters. The molecule has 0 aliphatic carbocycles. The fourth-order valence-electron chi connectivity index (χ4n) is 1.94. The Bertz CT molecular complexity index is 630. The second kappa shape index (κ2) is 9.63. The maximum absolute atomic E-state index is 11.6. The Labute approximate surface area is 142 Å². The summed E-state index contributed by atoms with van der Waals surface area (Å²) in [5.41, 5.74) is 13.8. The smallest absolute Gasteiger partial charge is 0.321 e. The van der Waals surface area contributed by atoms with Gasteiger partial charge < -0.3 is 11.5 Å². The van der Waals surface area contributed by atoms with Crippen molar-refractivity contribution < 1.29 is 13.6 Å². The van der Waals surface area contributed by atoms with E-state index < -0.39 is 8.25 Å². The third-order valence-corrected chi connectivity index (χ3v) is 3.82. The van der Waals surface area contributed by atoms with Crippen LogP contribution < -0.4 is 11.5 Å². The molecular formula is C18H20N2O3P+.